The third-order valence-electron chi connectivity index (χ3n) is 5.80. The first-order chi connectivity index (χ1) is 16.8. The summed E-state index contributed by atoms with van der Waals surface area (Å²) in [5, 5.41) is 0.895. The number of nitrogens with zero attached hydrogens (tertiary/aromatic N) is 3. The Balaban J connectivity index is 1.47. The lowest BCUT2D eigenvalue weighted by atomic mass is 10.1. The van der Waals surface area contributed by atoms with Crippen molar-refractivity contribution in [3.8, 4) is 11.3 Å². The van der Waals surface area contributed by atoms with Crippen LogP contribution < -0.4 is 4.31 Å². The number of thioether (sulfide) groups is 1. The number of sulfonamides is 1. The van der Waals surface area contributed by atoms with Gasteiger partial charge in [0.05, 0.1) is 29.9 Å². The molecule has 0 radical (unpaired) electrons. The fourth-order valence-corrected chi connectivity index (χ4v) is 6.29. The number of para-hydroxylation sites is 1. The molecule has 35 heavy (non-hydrogen) atoms. The topological polar surface area (TPSA) is 80.2 Å². The molecule has 1 aliphatic heterocycles. The molecule has 6 nitrogen and oxygen atoms in total. The van der Waals surface area contributed by atoms with E-state index in [0.717, 1.165) is 11.1 Å². The zero-order valence-electron chi connectivity index (χ0n) is 18.7. The normalized spacial score (nSPS) is 13.7. The molecular formula is C26H20ClN3O3S2. The molecule has 9 heteroatoms. The summed E-state index contributed by atoms with van der Waals surface area (Å²) in [7, 11) is -3.89. The number of hydrogen-bond donors (Lipinski definition) is 0. The Morgan fingerprint density at radius 3 is 2.49 bits per heavy atom. The molecule has 1 aliphatic rings. The third-order valence-corrected chi connectivity index (χ3v) is 8.68. The second kappa shape index (κ2) is 9.45. The number of aryl methyl sites for hydroxylation is 1. The zero-order valence-corrected chi connectivity index (χ0v) is 21.1. The van der Waals surface area contributed by atoms with E-state index in [0.29, 0.717) is 32.7 Å². The van der Waals surface area contributed by atoms with Crippen molar-refractivity contribution in [2.24, 2.45) is 0 Å². The van der Waals surface area contributed by atoms with Gasteiger partial charge in [-0.15, -0.1) is 0 Å². The third kappa shape index (κ3) is 4.57. The Hall–Kier alpha value is -3.20. The van der Waals surface area contributed by atoms with Crippen molar-refractivity contribution in [3.63, 3.8) is 0 Å². The van der Waals surface area contributed by atoms with Crippen molar-refractivity contribution >= 4 is 44.9 Å². The number of Topliss-reactive ketones (excluding diaryl/α,β-unsaturated/α-hetero) is 1. The second-order valence-electron chi connectivity index (χ2n) is 8.04. The summed E-state index contributed by atoms with van der Waals surface area (Å²) in [5.74, 6) is 0.0271. The van der Waals surface area contributed by atoms with Crippen LogP contribution in [0.25, 0.3) is 11.3 Å². The molecule has 0 bridgehead atoms. The molecule has 0 aliphatic carbocycles. The molecule has 1 aromatic heterocycles. The number of ketones is 1. The van der Waals surface area contributed by atoms with Crippen LogP contribution in [0, 0.1) is 6.92 Å². The largest absolute Gasteiger partial charge is 0.293 e. The van der Waals surface area contributed by atoms with Gasteiger partial charge in [-0.3, -0.25) is 9.10 Å². The van der Waals surface area contributed by atoms with Crippen molar-refractivity contribution < 1.29 is 13.2 Å². The maximum absolute atomic E-state index is 13.6. The summed E-state index contributed by atoms with van der Waals surface area (Å²) >= 11 is 7.06. The quantitative estimate of drug-likeness (QED) is 0.181. The van der Waals surface area contributed by atoms with Gasteiger partial charge in [-0.2, -0.15) is 0 Å². The molecule has 4 aromatic rings. The minimum atomic E-state index is -3.89. The van der Waals surface area contributed by atoms with Crippen molar-refractivity contribution in [2.45, 2.75) is 23.5 Å². The number of hydrogen-bond acceptors (Lipinski definition) is 6. The number of benzene rings is 3. The lowest BCUT2D eigenvalue weighted by molar-refractivity contribution is 0.102. The van der Waals surface area contributed by atoms with Crippen LogP contribution in [0.5, 0.6) is 0 Å². The van der Waals surface area contributed by atoms with Crippen LogP contribution in [-0.4, -0.2) is 29.9 Å². The lowest BCUT2D eigenvalue weighted by Crippen LogP contribution is -2.34. The van der Waals surface area contributed by atoms with E-state index in [2.05, 4.69) is 9.97 Å². The molecular weight excluding hydrogens is 502 g/mol. The number of rotatable bonds is 6. The molecule has 0 unspecified atom stereocenters. The van der Waals surface area contributed by atoms with E-state index >= 15 is 0 Å². The van der Waals surface area contributed by atoms with Crippen LogP contribution in [0.4, 0.5) is 5.69 Å². The molecule has 0 saturated carbocycles. The monoisotopic (exact) mass is 521 g/mol. The van der Waals surface area contributed by atoms with Gasteiger partial charge in [0.15, 0.2) is 10.9 Å². The molecule has 3 aromatic carbocycles. The van der Waals surface area contributed by atoms with E-state index in [4.69, 9.17) is 11.6 Å². The van der Waals surface area contributed by atoms with Gasteiger partial charge in [0.25, 0.3) is 10.0 Å². The molecule has 5 rings (SSSR count). The van der Waals surface area contributed by atoms with Gasteiger partial charge in [0, 0.05) is 16.1 Å². The van der Waals surface area contributed by atoms with Crippen LogP contribution in [0.1, 0.15) is 21.5 Å². The van der Waals surface area contributed by atoms with Gasteiger partial charge < -0.3 is 0 Å². The fraction of sp³-hybridized carbons (Fsp3) is 0.115. The van der Waals surface area contributed by atoms with Crippen molar-refractivity contribution in [1.82, 2.24) is 9.97 Å². The second-order valence-corrected chi connectivity index (χ2v) is 11.2. The number of anilines is 1. The molecule has 0 amide bonds. The number of carbonyl (C=O) groups is 1. The first kappa shape index (κ1) is 23.5. The fourth-order valence-electron chi connectivity index (χ4n) is 3.91. The van der Waals surface area contributed by atoms with Crippen LogP contribution >= 0.6 is 23.4 Å². The number of aromatic nitrogens is 2. The van der Waals surface area contributed by atoms with Crippen molar-refractivity contribution in [1.29, 1.82) is 0 Å². The van der Waals surface area contributed by atoms with Crippen LogP contribution in [0.15, 0.2) is 89.0 Å². The van der Waals surface area contributed by atoms with Gasteiger partial charge in [0.2, 0.25) is 0 Å². The first-order valence-electron chi connectivity index (χ1n) is 10.8. The number of carbonyl (C=O) groups excluding carboxylic acids is 1. The summed E-state index contributed by atoms with van der Waals surface area (Å²) in [6.45, 7) is 2.17. The average Bonchev–Trinajstić information content (AvgIpc) is 2.86. The minimum Gasteiger partial charge on any atom is -0.293 e. The SMILES string of the molecule is Cc1ccccc1CN1c2ccccc2-c2nc(SCC(=O)c3ccc(Cl)cc3)ncc2S1(=O)=O. The standard InChI is InChI=1S/C26H20ClN3O3S2/c1-17-6-2-3-7-19(17)15-30-22-9-5-4-8-21(22)25-24(35(30,32)33)14-28-26(29-25)34-16-23(31)18-10-12-20(27)13-11-18/h2-14H,15-16H2,1H3. The van der Waals surface area contributed by atoms with Gasteiger partial charge in [-0.25, -0.2) is 18.4 Å². The Bertz CT molecular complexity index is 1540. The predicted molar refractivity (Wildman–Crippen MR) is 139 cm³/mol. The highest BCUT2D eigenvalue weighted by molar-refractivity contribution is 7.99. The van der Waals surface area contributed by atoms with Gasteiger partial charge >= 0.3 is 0 Å². The molecule has 0 saturated heterocycles. The van der Waals surface area contributed by atoms with E-state index in [1.165, 1.54) is 22.3 Å². The smallest absolute Gasteiger partial charge is 0.268 e. The maximum atomic E-state index is 13.6. The molecule has 0 fully saturated rings. The van der Waals surface area contributed by atoms with E-state index in [9.17, 15) is 13.2 Å². The van der Waals surface area contributed by atoms with Crippen LogP contribution in [-0.2, 0) is 16.6 Å². The Morgan fingerprint density at radius 2 is 1.71 bits per heavy atom. The summed E-state index contributed by atoms with van der Waals surface area (Å²) in [6.07, 6.45) is 1.34. The highest BCUT2D eigenvalue weighted by Crippen LogP contribution is 2.43. The molecule has 2 heterocycles. The summed E-state index contributed by atoms with van der Waals surface area (Å²) in [6, 6.07) is 21.7. The van der Waals surface area contributed by atoms with Crippen molar-refractivity contribution in [2.75, 3.05) is 10.1 Å². The molecule has 0 spiro atoms. The first-order valence-corrected chi connectivity index (χ1v) is 13.6. The predicted octanol–water partition coefficient (Wildman–Crippen LogP) is 5.79. The molecule has 0 atom stereocenters. The zero-order chi connectivity index (χ0) is 24.6. The molecule has 0 N–H and O–H groups in total. The van der Waals surface area contributed by atoms with E-state index in [1.807, 2.05) is 49.4 Å². The lowest BCUT2D eigenvalue weighted by Gasteiger charge is -2.31. The van der Waals surface area contributed by atoms with Crippen molar-refractivity contribution in [3.05, 3.63) is 101 Å². The molecule has 176 valence electrons. The van der Waals surface area contributed by atoms with E-state index in [1.54, 1.807) is 30.3 Å². The van der Waals surface area contributed by atoms with E-state index < -0.39 is 10.0 Å². The van der Waals surface area contributed by atoms with Gasteiger partial charge in [0.1, 0.15) is 4.90 Å². The van der Waals surface area contributed by atoms with Gasteiger partial charge in [-0.05, 0) is 48.4 Å². The van der Waals surface area contributed by atoms with Gasteiger partial charge in [-0.1, -0.05) is 65.8 Å². The van der Waals surface area contributed by atoms with Crippen LogP contribution in [0.2, 0.25) is 5.02 Å². The highest BCUT2D eigenvalue weighted by Gasteiger charge is 2.36. The highest BCUT2D eigenvalue weighted by atomic mass is 35.5. The average molecular weight is 522 g/mol. The minimum absolute atomic E-state index is 0.0539. The Kier molecular flexibility index (Phi) is 6.35. The van der Waals surface area contributed by atoms with Crippen LogP contribution in [0.3, 0.4) is 0 Å². The summed E-state index contributed by atoms with van der Waals surface area (Å²) in [4.78, 5) is 21.4. The van der Waals surface area contributed by atoms with E-state index in [-0.39, 0.29) is 23.0 Å². The number of halogens is 1. The Morgan fingerprint density at radius 1 is 1.00 bits per heavy atom. The maximum Gasteiger partial charge on any atom is 0.268 e. The summed E-state index contributed by atoms with van der Waals surface area (Å²) < 4.78 is 28.7. The summed E-state index contributed by atoms with van der Waals surface area (Å²) in [5.41, 5.74) is 4.09. The Labute approximate surface area is 213 Å². The number of fused-ring (bicyclic) bond motifs is 3.